The van der Waals surface area contributed by atoms with Crippen LogP contribution in [-0.2, 0) is 0 Å². The van der Waals surface area contributed by atoms with Crippen LogP contribution in [-0.4, -0.2) is 52.5 Å². The third-order valence-corrected chi connectivity index (χ3v) is 7.06. The van der Waals surface area contributed by atoms with Crippen LogP contribution in [0.4, 0.5) is 5.95 Å². The summed E-state index contributed by atoms with van der Waals surface area (Å²) < 4.78 is 3.26. The fraction of sp³-hybridized carbons (Fsp3) is 0.350. The number of benzene rings is 1. The van der Waals surface area contributed by atoms with Gasteiger partial charge in [0.15, 0.2) is 11.1 Å². The summed E-state index contributed by atoms with van der Waals surface area (Å²) in [5.74, 6) is 2.12. The molecule has 2 saturated heterocycles. The second-order valence-electron chi connectivity index (χ2n) is 7.81. The summed E-state index contributed by atoms with van der Waals surface area (Å²) in [6.07, 6.45) is 1.71. The molecule has 6 rings (SSSR count). The number of para-hydroxylation sites is 1. The Bertz CT molecular complexity index is 1250. The van der Waals surface area contributed by atoms with Gasteiger partial charge in [-0.1, -0.05) is 12.1 Å². The van der Waals surface area contributed by atoms with E-state index in [1.807, 2.05) is 12.1 Å². The Balaban J connectivity index is 1.54. The van der Waals surface area contributed by atoms with Crippen molar-refractivity contribution in [3.05, 3.63) is 46.8 Å². The molecule has 5 heterocycles. The van der Waals surface area contributed by atoms with Crippen molar-refractivity contribution in [1.82, 2.24) is 19.3 Å². The molecule has 7 heteroatoms. The van der Waals surface area contributed by atoms with E-state index in [1.165, 1.54) is 0 Å². The largest absolute Gasteiger partial charge is 0.340 e. The minimum absolute atomic E-state index is 0.0111. The van der Waals surface area contributed by atoms with E-state index >= 15 is 0 Å². The number of aromatic nitrogens is 3. The zero-order valence-electron chi connectivity index (χ0n) is 15.0. The fourth-order valence-electron chi connectivity index (χ4n) is 4.76. The highest BCUT2D eigenvalue weighted by atomic mass is 32.1. The molecule has 2 aliphatic rings. The van der Waals surface area contributed by atoms with E-state index in [9.17, 15) is 4.79 Å². The van der Waals surface area contributed by atoms with Crippen LogP contribution in [0.25, 0.3) is 26.1 Å². The highest BCUT2D eigenvalue weighted by molar-refractivity contribution is 7.24. The molecule has 2 unspecified atom stereocenters. The molecule has 2 fully saturated rings. The number of hydrogen-bond donors (Lipinski definition) is 0. The molecule has 1 aromatic carbocycles. The molecule has 0 saturated carbocycles. The van der Waals surface area contributed by atoms with Crippen LogP contribution in [0.15, 0.2) is 41.3 Å². The Morgan fingerprint density at radius 2 is 1.89 bits per heavy atom. The maximum absolute atomic E-state index is 12.6. The lowest BCUT2D eigenvalue weighted by atomic mass is 10.0. The zero-order valence-corrected chi connectivity index (χ0v) is 15.8. The summed E-state index contributed by atoms with van der Waals surface area (Å²) in [6.45, 7) is 4.28. The molecular formula is C20H19N5OS. The van der Waals surface area contributed by atoms with Crippen molar-refractivity contribution in [2.45, 2.75) is 0 Å². The molecule has 4 aromatic rings. The maximum atomic E-state index is 12.6. The molecule has 0 bridgehead atoms. The van der Waals surface area contributed by atoms with Gasteiger partial charge in [0.1, 0.15) is 4.83 Å². The second-order valence-corrected chi connectivity index (χ2v) is 8.87. The summed E-state index contributed by atoms with van der Waals surface area (Å²) in [7, 11) is 2.19. The van der Waals surface area contributed by atoms with E-state index in [0.29, 0.717) is 22.9 Å². The number of fused-ring (bicyclic) bond motifs is 6. The van der Waals surface area contributed by atoms with E-state index in [1.54, 1.807) is 23.6 Å². The first-order valence-electron chi connectivity index (χ1n) is 9.31. The molecule has 0 aliphatic carbocycles. The van der Waals surface area contributed by atoms with Gasteiger partial charge in [-0.15, -0.1) is 11.3 Å². The van der Waals surface area contributed by atoms with E-state index in [-0.39, 0.29) is 5.43 Å². The van der Waals surface area contributed by atoms with Crippen molar-refractivity contribution in [2.75, 3.05) is 38.1 Å². The molecule has 2 atom stereocenters. The van der Waals surface area contributed by atoms with Gasteiger partial charge in [0.2, 0.25) is 5.95 Å². The monoisotopic (exact) mass is 377 g/mol. The number of hydrogen-bond acceptors (Lipinski definition) is 6. The minimum Gasteiger partial charge on any atom is -0.340 e. The van der Waals surface area contributed by atoms with Gasteiger partial charge in [-0.25, -0.2) is 4.98 Å². The number of nitrogens with zero attached hydrogens (tertiary/aromatic N) is 5. The highest BCUT2D eigenvalue weighted by Gasteiger charge is 2.39. The van der Waals surface area contributed by atoms with Crippen molar-refractivity contribution in [1.29, 1.82) is 0 Å². The van der Waals surface area contributed by atoms with E-state index in [4.69, 9.17) is 4.98 Å². The van der Waals surface area contributed by atoms with E-state index in [0.717, 1.165) is 47.2 Å². The topological polar surface area (TPSA) is 53.7 Å². The Hall–Kier alpha value is -2.51. The number of thiazole rings is 1. The third kappa shape index (κ3) is 2.25. The van der Waals surface area contributed by atoms with Crippen molar-refractivity contribution in [3.63, 3.8) is 0 Å². The fourth-order valence-corrected chi connectivity index (χ4v) is 5.84. The minimum atomic E-state index is -0.0111. The lowest BCUT2D eigenvalue weighted by molar-refractivity contribution is 0.386. The first kappa shape index (κ1) is 15.5. The number of anilines is 1. The molecular weight excluding hydrogens is 358 g/mol. The Morgan fingerprint density at radius 1 is 1.11 bits per heavy atom. The maximum Gasteiger partial charge on any atom is 0.227 e. The van der Waals surface area contributed by atoms with Crippen LogP contribution in [0.5, 0.6) is 0 Å². The molecule has 0 amide bonds. The average molecular weight is 377 g/mol. The number of rotatable bonds is 1. The smallest absolute Gasteiger partial charge is 0.227 e. The SMILES string of the molecule is CN1CC2CN(c3ncc4c(=O)cc5sc6ccccc6n5c4n3)CC2C1. The van der Waals surface area contributed by atoms with E-state index < -0.39 is 0 Å². The van der Waals surface area contributed by atoms with Crippen LogP contribution in [0.1, 0.15) is 0 Å². The molecule has 2 aliphatic heterocycles. The summed E-state index contributed by atoms with van der Waals surface area (Å²) >= 11 is 1.63. The van der Waals surface area contributed by atoms with Crippen LogP contribution >= 0.6 is 11.3 Å². The lowest BCUT2D eigenvalue weighted by Crippen LogP contribution is -2.28. The summed E-state index contributed by atoms with van der Waals surface area (Å²) in [6, 6.07) is 9.92. The lowest BCUT2D eigenvalue weighted by Gasteiger charge is -2.19. The molecule has 136 valence electrons. The predicted molar refractivity (Wildman–Crippen MR) is 109 cm³/mol. The third-order valence-electron chi connectivity index (χ3n) is 5.98. The Morgan fingerprint density at radius 3 is 2.70 bits per heavy atom. The van der Waals surface area contributed by atoms with Gasteiger partial charge in [0.25, 0.3) is 0 Å². The van der Waals surface area contributed by atoms with Crippen molar-refractivity contribution < 1.29 is 0 Å². The summed E-state index contributed by atoms with van der Waals surface area (Å²) in [5, 5.41) is 0.582. The van der Waals surface area contributed by atoms with Crippen molar-refractivity contribution in [2.24, 2.45) is 11.8 Å². The van der Waals surface area contributed by atoms with Gasteiger partial charge < -0.3 is 9.80 Å². The highest BCUT2D eigenvalue weighted by Crippen LogP contribution is 2.33. The standard InChI is InChI=1S/C20H19N5OS/c1-23-8-12-10-24(11-13(12)9-23)20-21-7-14-16(26)6-18-25(19(14)22-20)15-4-2-3-5-17(15)27-18/h2-7,12-13H,8-11H2,1H3. The van der Waals surface area contributed by atoms with Gasteiger partial charge in [0, 0.05) is 38.4 Å². The van der Waals surface area contributed by atoms with Gasteiger partial charge in [-0.2, -0.15) is 4.98 Å². The van der Waals surface area contributed by atoms with E-state index in [2.05, 4.69) is 38.4 Å². The van der Waals surface area contributed by atoms with Crippen molar-refractivity contribution >= 4 is 43.4 Å². The number of pyridine rings is 1. The zero-order chi connectivity index (χ0) is 18.1. The predicted octanol–water partition coefficient (Wildman–Crippen LogP) is 2.46. The van der Waals surface area contributed by atoms with Gasteiger partial charge >= 0.3 is 0 Å². The molecule has 0 spiro atoms. The molecule has 27 heavy (non-hydrogen) atoms. The molecule has 0 N–H and O–H groups in total. The second kappa shape index (κ2) is 5.50. The Kier molecular flexibility index (Phi) is 3.16. The average Bonchev–Trinajstić information content (AvgIpc) is 3.31. The normalized spacial score (nSPS) is 23.1. The van der Waals surface area contributed by atoms with Crippen LogP contribution < -0.4 is 10.3 Å². The first-order valence-corrected chi connectivity index (χ1v) is 10.1. The van der Waals surface area contributed by atoms with Crippen LogP contribution in [0.2, 0.25) is 0 Å². The Labute approximate surface area is 159 Å². The summed E-state index contributed by atoms with van der Waals surface area (Å²) in [4.78, 5) is 27.7. The quantitative estimate of drug-likeness (QED) is 0.510. The molecule has 0 radical (unpaired) electrons. The van der Waals surface area contributed by atoms with Crippen LogP contribution in [0.3, 0.4) is 0 Å². The summed E-state index contributed by atoms with van der Waals surface area (Å²) in [5.41, 5.74) is 1.80. The van der Waals surface area contributed by atoms with Crippen molar-refractivity contribution in [3.8, 4) is 0 Å². The van der Waals surface area contributed by atoms with Gasteiger partial charge in [0.05, 0.1) is 15.6 Å². The van der Waals surface area contributed by atoms with Gasteiger partial charge in [-0.05, 0) is 31.0 Å². The number of likely N-dealkylation sites (tertiary alicyclic amines) is 1. The molecule has 6 nitrogen and oxygen atoms in total. The van der Waals surface area contributed by atoms with Gasteiger partial charge in [-0.3, -0.25) is 9.20 Å². The first-order chi connectivity index (χ1) is 13.2. The molecule has 3 aromatic heterocycles. The van der Waals surface area contributed by atoms with Crippen LogP contribution in [0, 0.1) is 11.8 Å².